The van der Waals surface area contributed by atoms with Crippen molar-refractivity contribution in [2.45, 2.75) is 0 Å². The smallest absolute Gasteiger partial charge is 0.0979 e. The molecule has 0 atom stereocenters. The van der Waals surface area contributed by atoms with Gasteiger partial charge in [-0.25, -0.2) is 4.98 Å². The van der Waals surface area contributed by atoms with Gasteiger partial charge in [-0.1, -0.05) is 115 Å². The first-order chi connectivity index (χ1) is 23.3. The van der Waals surface area contributed by atoms with Crippen LogP contribution in [0.15, 0.2) is 164 Å². The summed E-state index contributed by atoms with van der Waals surface area (Å²) in [5.74, 6) is 0. The number of rotatable bonds is 3. The molecule has 2 heterocycles. The van der Waals surface area contributed by atoms with Crippen molar-refractivity contribution in [2.75, 3.05) is 0 Å². The Kier molecular flexibility index (Phi) is 5.57. The molecule has 0 aliphatic rings. The summed E-state index contributed by atoms with van der Waals surface area (Å²) in [5, 5.41) is 9.55. The maximum absolute atomic E-state index is 5.24. The second-order valence-electron chi connectivity index (χ2n) is 12.2. The highest BCUT2D eigenvalue weighted by molar-refractivity contribution is 6.23. The van der Waals surface area contributed by atoms with Crippen LogP contribution < -0.4 is 0 Å². The topological polar surface area (TPSA) is 30.7 Å². The molecule has 47 heavy (non-hydrogen) atoms. The van der Waals surface area contributed by atoms with E-state index in [-0.39, 0.29) is 0 Å². The van der Waals surface area contributed by atoms with Crippen molar-refractivity contribution in [3.63, 3.8) is 0 Å². The first kappa shape index (κ1) is 26.0. The number of nitrogens with zero attached hydrogens (tertiary/aromatic N) is 3. The Morgan fingerprint density at radius 2 is 0.957 bits per heavy atom. The highest BCUT2D eigenvalue weighted by atomic mass is 15.0. The first-order valence-corrected chi connectivity index (χ1v) is 16.0. The van der Waals surface area contributed by atoms with E-state index in [0.29, 0.717) is 0 Å². The molecule has 3 nitrogen and oxygen atoms in total. The quantitative estimate of drug-likeness (QED) is 0.190. The van der Waals surface area contributed by atoms with Crippen LogP contribution in [0.25, 0.3) is 93.2 Å². The Bertz CT molecular complexity index is 2810. The summed E-state index contributed by atoms with van der Waals surface area (Å²) in [6.07, 6.45) is 1.92. The van der Waals surface area contributed by atoms with Gasteiger partial charge in [0.2, 0.25) is 0 Å². The van der Waals surface area contributed by atoms with Gasteiger partial charge in [0.15, 0.2) is 0 Å². The van der Waals surface area contributed by atoms with Gasteiger partial charge in [-0.3, -0.25) is 4.98 Å². The molecule has 0 amide bonds. The van der Waals surface area contributed by atoms with E-state index in [1.54, 1.807) is 0 Å². The van der Waals surface area contributed by atoms with E-state index in [4.69, 9.17) is 9.97 Å². The van der Waals surface area contributed by atoms with Crippen LogP contribution in [0.5, 0.6) is 0 Å². The largest absolute Gasteiger partial charge is 0.309 e. The third-order valence-electron chi connectivity index (χ3n) is 9.58. The molecule has 0 spiro atoms. The maximum Gasteiger partial charge on any atom is 0.0979 e. The summed E-state index contributed by atoms with van der Waals surface area (Å²) >= 11 is 0. The molecular formula is C44H27N3. The lowest BCUT2D eigenvalue weighted by atomic mass is 9.97. The highest BCUT2D eigenvalue weighted by Gasteiger charge is 2.15. The predicted octanol–water partition coefficient (Wildman–Crippen LogP) is 11.5. The number of fused-ring (bicyclic) bond motifs is 10. The summed E-state index contributed by atoms with van der Waals surface area (Å²) in [6.45, 7) is 0. The number of para-hydroxylation sites is 2. The first-order valence-electron chi connectivity index (χ1n) is 16.0. The molecule has 0 N–H and O–H groups in total. The van der Waals surface area contributed by atoms with E-state index < -0.39 is 0 Å². The third-order valence-corrected chi connectivity index (χ3v) is 9.58. The average molecular weight is 598 g/mol. The zero-order chi connectivity index (χ0) is 30.9. The Morgan fingerprint density at radius 3 is 1.74 bits per heavy atom. The fraction of sp³-hybridized carbons (Fsp3) is 0. The Balaban J connectivity index is 1.11. The van der Waals surface area contributed by atoms with Gasteiger partial charge in [0.05, 0.1) is 34.0 Å². The summed E-state index contributed by atoms with van der Waals surface area (Å²) in [7, 11) is 0. The molecule has 3 heteroatoms. The lowest BCUT2D eigenvalue weighted by molar-refractivity contribution is 1.18. The molecule has 0 unspecified atom stereocenters. The molecule has 0 saturated carbocycles. The van der Waals surface area contributed by atoms with Gasteiger partial charge in [0.1, 0.15) is 0 Å². The Labute approximate surface area is 271 Å². The van der Waals surface area contributed by atoms with Crippen LogP contribution in [0.3, 0.4) is 0 Å². The van der Waals surface area contributed by atoms with Gasteiger partial charge in [-0.05, 0) is 75.1 Å². The average Bonchev–Trinajstić information content (AvgIpc) is 3.48. The summed E-state index contributed by atoms with van der Waals surface area (Å²) in [5.41, 5.74) is 9.79. The molecule has 0 saturated heterocycles. The molecule has 10 rings (SSSR count). The van der Waals surface area contributed by atoms with E-state index in [1.807, 2.05) is 6.20 Å². The third kappa shape index (κ3) is 4.00. The normalized spacial score (nSPS) is 11.8. The predicted molar refractivity (Wildman–Crippen MR) is 197 cm³/mol. The molecule has 10 aromatic rings. The van der Waals surface area contributed by atoms with Crippen LogP contribution in [-0.4, -0.2) is 14.5 Å². The van der Waals surface area contributed by atoms with Gasteiger partial charge in [0, 0.05) is 32.8 Å². The summed E-state index contributed by atoms with van der Waals surface area (Å²) in [4.78, 5) is 10.2. The minimum Gasteiger partial charge on any atom is -0.309 e. The molecule has 2 aromatic heterocycles. The van der Waals surface area contributed by atoms with Crippen molar-refractivity contribution in [3.8, 4) is 28.1 Å². The van der Waals surface area contributed by atoms with Crippen molar-refractivity contribution in [2.24, 2.45) is 0 Å². The number of hydrogen-bond acceptors (Lipinski definition) is 2. The van der Waals surface area contributed by atoms with Crippen molar-refractivity contribution in [1.29, 1.82) is 0 Å². The van der Waals surface area contributed by atoms with E-state index in [1.165, 1.54) is 60.2 Å². The van der Waals surface area contributed by atoms with E-state index in [0.717, 1.165) is 33.1 Å². The van der Waals surface area contributed by atoms with Crippen LogP contribution in [0, 0.1) is 0 Å². The standard InChI is InChI=1S/C44H27N3/c1-2-10-33(11-3-1)47-41-17-9-8-14-36(41)39-26-30(22-23-42(39)47)29-20-18-28-19-21-31(25-32(28)24-29)40-27-45-43-37-15-6-4-12-34(37)35-13-5-7-16-38(35)44(43)46-40/h1-27H. The molecule has 8 aromatic carbocycles. The Hall–Kier alpha value is -6.32. The molecule has 0 fully saturated rings. The number of benzene rings is 8. The lowest BCUT2D eigenvalue weighted by Crippen LogP contribution is -1.93. The van der Waals surface area contributed by atoms with Crippen molar-refractivity contribution in [1.82, 2.24) is 14.5 Å². The second kappa shape index (κ2) is 10.1. The SMILES string of the molecule is c1ccc(-n2c3ccccc3c3cc(-c4ccc5ccc(-c6cnc7c8ccccc8c8ccccc8c7n6)cc5c4)ccc32)cc1. The van der Waals surface area contributed by atoms with Crippen molar-refractivity contribution in [3.05, 3.63) is 164 Å². The number of aromatic nitrogens is 3. The van der Waals surface area contributed by atoms with Crippen LogP contribution in [-0.2, 0) is 0 Å². The van der Waals surface area contributed by atoms with Crippen molar-refractivity contribution >= 4 is 65.2 Å². The molecule has 218 valence electrons. The highest BCUT2D eigenvalue weighted by Crippen LogP contribution is 2.37. The Morgan fingerprint density at radius 1 is 0.383 bits per heavy atom. The molecule has 0 radical (unpaired) electrons. The van der Waals surface area contributed by atoms with Crippen LogP contribution in [0.4, 0.5) is 0 Å². The second-order valence-corrected chi connectivity index (χ2v) is 12.2. The van der Waals surface area contributed by atoms with Gasteiger partial charge in [-0.2, -0.15) is 0 Å². The summed E-state index contributed by atoms with van der Waals surface area (Å²) in [6, 6.07) is 56.5. The number of hydrogen-bond donors (Lipinski definition) is 0. The van der Waals surface area contributed by atoms with Crippen LogP contribution >= 0.6 is 0 Å². The molecule has 0 aliphatic carbocycles. The zero-order valence-electron chi connectivity index (χ0n) is 25.4. The zero-order valence-corrected chi connectivity index (χ0v) is 25.4. The monoisotopic (exact) mass is 597 g/mol. The van der Waals surface area contributed by atoms with E-state index in [2.05, 4.69) is 162 Å². The maximum atomic E-state index is 5.24. The van der Waals surface area contributed by atoms with Gasteiger partial charge < -0.3 is 4.57 Å². The van der Waals surface area contributed by atoms with Crippen molar-refractivity contribution < 1.29 is 0 Å². The van der Waals surface area contributed by atoms with Gasteiger partial charge >= 0.3 is 0 Å². The van der Waals surface area contributed by atoms with Crippen LogP contribution in [0.2, 0.25) is 0 Å². The fourth-order valence-corrected chi connectivity index (χ4v) is 7.36. The fourth-order valence-electron chi connectivity index (χ4n) is 7.36. The van der Waals surface area contributed by atoms with Gasteiger partial charge in [0.25, 0.3) is 0 Å². The molecule has 0 bridgehead atoms. The lowest BCUT2D eigenvalue weighted by Gasteiger charge is -2.11. The summed E-state index contributed by atoms with van der Waals surface area (Å²) < 4.78 is 2.36. The van der Waals surface area contributed by atoms with E-state index in [9.17, 15) is 0 Å². The van der Waals surface area contributed by atoms with E-state index >= 15 is 0 Å². The minimum absolute atomic E-state index is 0.875. The van der Waals surface area contributed by atoms with Gasteiger partial charge in [-0.15, -0.1) is 0 Å². The molecule has 0 aliphatic heterocycles. The van der Waals surface area contributed by atoms with Crippen LogP contribution in [0.1, 0.15) is 0 Å². The molecular weight excluding hydrogens is 571 g/mol. The minimum atomic E-state index is 0.875.